The number of carbonyl (C=O) groups is 1. The zero-order chi connectivity index (χ0) is 16.9. The van der Waals surface area contributed by atoms with Gasteiger partial charge in [0.2, 0.25) is 0 Å². The molecule has 3 aromatic rings. The molecule has 0 bridgehead atoms. The fourth-order valence-corrected chi connectivity index (χ4v) is 2.79. The van der Waals surface area contributed by atoms with Gasteiger partial charge < -0.3 is 15.2 Å². The number of halogens is 1. The van der Waals surface area contributed by atoms with Crippen molar-refractivity contribution in [3.63, 3.8) is 0 Å². The summed E-state index contributed by atoms with van der Waals surface area (Å²) >= 11 is 0. The average molecular weight is 358 g/mol. The van der Waals surface area contributed by atoms with Crippen molar-refractivity contribution in [1.29, 1.82) is 0 Å². The second kappa shape index (κ2) is 8.51. The molecule has 3 rings (SSSR count). The molecule has 0 aliphatic heterocycles. The van der Waals surface area contributed by atoms with Crippen LogP contribution in [-0.4, -0.2) is 18.2 Å². The summed E-state index contributed by atoms with van der Waals surface area (Å²) in [5.74, 6) is -0.0440. The number of methoxy groups -OCH3 is 1. The summed E-state index contributed by atoms with van der Waals surface area (Å²) < 4.78 is 5.49. The van der Waals surface area contributed by atoms with Crippen LogP contribution in [0.5, 0.6) is 5.75 Å². The Morgan fingerprint density at radius 2 is 1.72 bits per heavy atom. The lowest BCUT2D eigenvalue weighted by molar-refractivity contribution is 0.0697. The SMILES string of the molecule is COc1ccc2ccccc2c1CNCc1ccc(C(=O)O)cc1.Cl. The number of nitrogens with one attached hydrogen (secondary N) is 1. The minimum Gasteiger partial charge on any atom is -0.496 e. The van der Waals surface area contributed by atoms with Gasteiger partial charge in [-0.05, 0) is 34.5 Å². The van der Waals surface area contributed by atoms with Gasteiger partial charge in [0, 0.05) is 18.7 Å². The van der Waals surface area contributed by atoms with Gasteiger partial charge in [-0.25, -0.2) is 4.79 Å². The summed E-state index contributed by atoms with van der Waals surface area (Å²) in [6.07, 6.45) is 0. The average Bonchev–Trinajstić information content (AvgIpc) is 2.62. The van der Waals surface area contributed by atoms with Gasteiger partial charge in [0.15, 0.2) is 0 Å². The molecule has 130 valence electrons. The number of carboxylic acids is 1. The van der Waals surface area contributed by atoms with Crippen molar-refractivity contribution in [3.05, 3.63) is 77.4 Å². The summed E-state index contributed by atoms with van der Waals surface area (Å²) in [4.78, 5) is 10.9. The molecular formula is C20H20ClNO3. The molecule has 0 heterocycles. The molecule has 0 unspecified atom stereocenters. The summed E-state index contributed by atoms with van der Waals surface area (Å²) in [7, 11) is 1.68. The fraction of sp³-hybridized carbons (Fsp3) is 0.150. The predicted molar refractivity (Wildman–Crippen MR) is 102 cm³/mol. The molecule has 4 nitrogen and oxygen atoms in total. The largest absolute Gasteiger partial charge is 0.496 e. The summed E-state index contributed by atoms with van der Waals surface area (Å²) in [6, 6.07) is 19.2. The maximum atomic E-state index is 10.9. The highest BCUT2D eigenvalue weighted by atomic mass is 35.5. The Morgan fingerprint density at radius 3 is 2.40 bits per heavy atom. The van der Waals surface area contributed by atoms with E-state index in [1.165, 1.54) is 10.8 Å². The first-order valence-corrected chi connectivity index (χ1v) is 7.76. The molecule has 2 N–H and O–H groups in total. The standard InChI is InChI=1S/C20H19NO3.ClH/c1-24-19-11-10-15-4-2-3-5-17(15)18(19)13-21-12-14-6-8-16(9-7-14)20(22)23;/h2-11,21H,12-13H2,1H3,(H,22,23);1H. The van der Waals surface area contributed by atoms with E-state index in [-0.39, 0.29) is 12.4 Å². The van der Waals surface area contributed by atoms with Crippen molar-refractivity contribution in [3.8, 4) is 5.75 Å². The normalized spacial score (nSPS) is 10.3. The van der Waals surface area contributed by atoms with Crippen LogP contribution < -0.4 is 10.1 Å². The molecule has 0 fully saturated rings. The van der Waals surface area contributed by atoms with E-state index in [2.05, 4.69) is 23.5 Å². The van der Waals surface area contributed by atoms with Gasteiger partial charge in [0.25, 0.3) is 0 Å². The summed E-state index contributed by atoms with van der Waals surface area (Å²) in [5, 5.41) is 14.7. The number of ether oxygens (including phenoxy) is 1. The van der Waals surface area contributed by atoms with E-state index in [0.717, 1.165) is 16.9 Å². The zero-order valence-electron chi connectivity index (χ0n) is 13.9. The fourth-order valence-electron chi connectivity index (χ4n) is 2.79. The summed E-state index contributed by atoms with van der Waals surface area (Å²) in [5.41, 5.74) is 2.46. The van der Waals surface area contributed by atoms with Crippen LogP contribution in [0.15, 0.2) is 60.7 Å². The van der Waals surface area contributed by atoms with Crippen molar-refractivity contribution in [2.45, 2.75) is 13.1 Å². The van der Waals surface area contributed by atoms with Crippen LogP contribution in [0.25, 0.3) is 10.8 Å². The molecule has 0 aliphatic carbocycles. The van der Waals surface area contributed by atoms with Gasteiger partial charge in [-0.15, -0.1) is 12.4 Å². The smallest absolute Gasteiger partial charge is 0.335 e. The minimum atomic E-state index is -0.907. The number of fused-ring (bicyclic) bond motifs is 1. The molecule has 0 saturated heterocycles. The molecule has 3 aromatic carbocycles. The van der Waals surface area contributed by atoms with Gasteiger partial charge in [0.1, 0.15) is 5.75 Å². The Kier molecular flexibility index (Phi) is 6.39. The third-order valence-corrected chi connectivity index (χ3v) is 4.05. The van der Waals surface area contributed by atoms with Crippen LogP contribution in [-0.2, 0) is 13.1 Å². The minimum absolute atomic E-state index is 0. The van der Waals surface area contributed by atoms with Gasteiger partial charge >= 0.3 is 5.97 Å². The molecule has 0 aliphatic rings. The van der Waals surface area contributed by atoms with Crippen molar-refractivity contribution in [2.24, 2.45) is 0 Å². The third kappa shape index (κ3) is 4.29. The Labute approximate surface area is 152 Å². The first kappa shape index (κ1) is 18.8. The predicted octanol–water partition coefficient (Wildman–Crippen LogP) is 4.26. The second-order valence-electron chi connectivity index (χ2n) is 5.57. The van der Waals surface area contributed by atoms with Gasteiger partial charge in [0.05, 0.1) is 12.7 Å². The molecule has 0 atom stereocenters. The van der Waals surface area contributed by atoms with Crippen LogP contribution >= 0.6 is 12.4 Å². The van der Waals surface area contributed by atoms with E-state index in [1.807, 2.05) is 30.3 Å². The van der Waals surface area contributed by atoms with Gasteiger partial charge in [-0.2, -0.15) is 0 Å². The van der Waals surface area contributed by atoms with Crippen molar-refractivity contribution in [2.75, 3.05) is 7.11 Å². The highest BCUT2D eigenvalue weighted by Crippen LogP contribution is 2.27. The zero-order valence-corrected chi connectivity index (χ0v) is 14.7. The monoisotopic (exact) mass is 357 g/mol. The number of hydrogen-bond donors (Lipinski definition) is 2. The van der Waals surface area contributed by atoms with Crippen LogP contribution in [0.4, 0.5) is 0 Å². The van der Waals surface area contributed by atoms with Gasteiger partial charge in [-0.3, -0.25) is 0 Å². The van der Waals surface area contributed by atoms with E-state index in [0.29, 0.717) is 18.7 Å². The Balaban J connectivity index is 0.00000225. The maximum Gasteiger partial charge on any atom is 0.335 e. The number of aromatic carboxylic acids is 1. The lowest BCUT2D eigenvalue weighted by Crippen LogP contribution is -2.14. The van der Waals surface area contributed by atoms with Crippen molar-refractivity contribution < 1.29 is 14.6 Å². The van der Waals surface area contributed by atoms with Crippen LogP contribution in [0.3, 0.4) is 0 Å². The molecule has 0 radical (unpaired) electrons. The van der Waals surface area contributed by atoms with Crippen LogP contribution in [0.1, 0.15) is 21.5 Å². The van der Waals surface area contributed by atoms with E-state index >= 15 is 0 Å². The van der Waals surface area contributed by atoms with Crippen LogP contribution in [0.2, 0.25) is 0 Å². The Hall–Kier alpha value is -2.56. The second-order valence-corrected chi connectivity index (χ2v) is 5.57. The van der Waals surface area contributed by atoms with Crippen molar-refractivity contribution >= 4 is 29.1 Å². The molecule has 0 aromatic heterocycles. The Morgan fingerprint density at radius 1 is 1.00 bits per heavy atom. The number of rotatable bonds is 6. The van der Waals surface area contributed by atoms with Crippen LogP contribution in [0, 0.1) is 0 Å². The third-order valence-electron chi connectivity index (χ3n) is 4.05. The van der Waals surface area contributed by atoms with E-state index in [4.69, 9.17) is 9.84 Å². The molecule has 25 heavy (non-hydrogen) atoms. The lowest BCUT2D eigenvalue weighted by Gasteiger charge is -2.13. The van der Waals surface area contributed by atoms with E-state index < -0.39 is 5.97 Å². The number of benzene rings is 3. The molecule has 5 heteroatoms. The first-order valence-electron chi connectivity index (χ1n) is 7.76. The van der Waals surface area contributed by atoms with E-state index in [9.17, 15) is 4.79 Å². The number of hydrogen-bond acceptors (Lipinski definition) is 3. The molecular weight excluding hydrogens is 338 g/mol. The molecule has 0 saturated carbocycles. The van der Waals surface area contributed by atoms with E-state index in [1.54, 1.807) is 19.2 Å². The van der Waals surface area contributed by atoms with Gasteiger partial charge in [-0.1, -0.05) is 42.5 Å². The first-order chi connectivity index (χ1) is 11.7. The Bertz CT molecular complexity index is 862. The summed E-state index contributed by atoms with van der Waals surface area (Å²) in [6.45, 7) is 1.33. The highest BCUT2D eigenvalue weighted by Gasteiger charge is 2.08. The lowest BCUT2D eigenvalue weighted by atomic mass is 10.0. The topological polar surface area (TPSA) is 58.6 Å². The molecule has 0 amide bonds. The van der Waals surface area contributed by atoms with Crippen molar-refractivity contribution in [1.82, 2.24) is 5.32 Å². The quantitative estimate of drug-likeness (QED) is 0.692. The molecule has 0 spiro atoms. The number of carboxylic acid groups (broad SMARTS) is 1. The maximum absolute atomic E-state index is 10.9. The highest BCUT2D eigenvalue weighted by molar-refractivity contribution is 5.88.